The van der Waals surface area contributed by atoms with Gasteiger partial charge in [-0.15, -0.1) is 0 Å². The van der Waals surface area contributed by atoms with E-state index in [1.165, 1.54) is 0 Å². The smallest absolute Gasteiger partial charge is 0.324 e. The van der Waals surface area contributed by atoms with Gasteiger partial charge < -0.3 is 9.79 Å². The third kappa shape index (κ3) is 5.50. The molecule has 0 heterocycles. The number of hydrogen-bond donors (Lipinski definition) is 2. The molecule has 122 valence electrons. The molecule has 2 unspecified atom stereocenters. The molecule has 20 heavy (non-hydrogen) atoms. The van der Waals surface area contributed by atoms with Gasteiger partial charge in [0.25, 0.3) is 0 Å². The van der Waals surface area contributed by atoms with Gasteiger partial charge in [0.05, 0.1) is 5.16 Å². The van der Waals surface area contributed by atoms with E-state index in [9.17, 15) is 14.4 Å². The van der Waals surface area contributed by atoms with Crippen LogP contribution in [0.5, 0.6) is 0 Å². The monoisotopic (exact) mass is 306 g/mol. The molecule has 0 saturated heterocycles. The minimum atomic E-state index is -4.11. The van der Waals surface area contributed by atoms with E-state index in [1.54, 1.807) is 0 Å². The van der Waals surface area contributed by atoms with E-state index < -0.39 is 12.8 Å². The molecule has 0 aromatic rings. The van der Waals surface area contributed by atoms with Crippen LogP contribution in [0, 0.1) is 17.8 Å². The summed E-state index contributed by atoms with van der Waals surface area (Å²) in [6.45, 7) is 12.5. The van der Waals surface area contributed by atoms with Crippen LogP contribution in [0.25, 0.3) is 0 Å². The van der Waals surface area contributed by atoms with Crippen LogP contribution in [-0.2, 0) is 4.57 Å². The highest BCUT2D eigenvalue weighted by atomic mass is 31.2. The standard InChI is InChI=1S/C16H35O3P/c1-7-9-10-15(11-13(3)4)16(8-2,12-14(5)6)20(17,18)19/h13-15H,7-12H2,1-6H3,(H2,17,18,19). The predicted molar refractivity (Wildman–Crippen MR) is 87.0 cm³/mol. The molecule has 0 aliphatic carbocycles. The maximum absolute atomic E-state index is 12.3. The first-order valence-corrected chi connectivity index (χ1v) is 9.77. The van der Waals surface area contributed by atoms with E-state index in [-0.39, 0.29) is 5.92 Å². The summed E-state index contributed by atoms with van der Waals surface area (Å²) in [5.41, 5.74) is 0. The first-order valence-electron chi connectivity index (χ1n) is 8.16. The Balaban J connectivity index is 5.53. The first-order chi connectivity index (χ1) is 9.10. The molecule has 0 saturated carbocycles. The maximum Gasteiger partial charge on any atom is 0.331 e. The molecule has 0 aromatic heterocycles. The van der Waals surface area contributed by atoms with Gasteiger partial charge in [0, 0.05) is 0 Å². The van der Waals surface area contributed by atoms with Gasteiger partial charge in [-0.3, -0.25) is 4.57 Å². The molecule has 0 bridgehead atoms. The SMILES string of the molecule is CCCCC(CC(C)C)C(CC)(CC(C)C)P(=O)(O)O. The van der Waals surface area contributed by atoms with Crippen molar-refractivity contribution in [3.8, 4) is 0 Å². The normalized spacial score (nSPS) is 17.5. The molecule has 0 aliphatic rings. The second-order valence-electron chi connectivity index (χ2n) is 7.07. The van der Waals surface area contributed by atoms with Gasteiger partial charge in [-0.05, 0) is 43.4 Å². The van der Waals surface area contributed by atoms with E-state index in [0.717, 1.165) is 25.7 Å². The third-order valence-corrected chi connectivity index (χ3v) is 6.40. The summed E-state index contributed by atoms with van der Waals surface area (Å²) in [6, 6.07) is 0. The van der Waals surface area contributed by atoms with Gasteiger partial charge in [-0.25, -0.2) is 0 Å². The van der Waals surface area contributed by atoms with Gasteiger partial charge in [0.15, 0.2) is 0 Å². The molecule has 2 N–H and O–H groups in total. The topological polar surface area (TPSA) is 57.5 Å². The molecule has 0 spiro atoms. The zero-order chi connectivity index (χ0) is 16.0. The van der Waals surface area contributed by atoms with E-state index >= 15 is 0 Å². The zero-order valence-electron chi connectivity index (χ0n) is 14.2. The van der Waals surface area contributed by atoms with Crippen LogP contribution in [0.1, 0.15) is 80.1 Å². The third-order valence-electron chi connectivity index (χ3n) is 4.38. The van der Waals surface area contributed by atoms with Crippen LogP contribution >= 0.6 is 7.60 Å². The summed E-state index contributed by atoms with van der Waals surface area (Å²) in [7, 11) is -4.11. The Morgan fingerprint density at radius 3 is 1.90 bits per heavy atom. The molecule has 0 radical (unpaired) electrons. The molecule has 0 rings (SSSR count). The molecule has 4 heteroatoms. The van der Waals surface area contributed by atoms with Crippen LogP contribution < -0.4 is 0 Å². The lowest BCUT2D eigenvalue weighted by Crippen LogP contribution is -2.39. The summed E-state index contributed by atoms with van der Waals surface area (Å²) in [6.07, 6.45) is 5.16. The van der Waals surface area contributed by atoms with Crippen LogP contribution in [0.2, 0.25) is 0 Å². The lowest BCUT2D eigenvalue weighted by atomic mass is 9.76. The van der Waals surface area contributed by atoms with Gasteiger partial charge in [-0.2, -0.15) is 0 Å². The van der Waals surface area contributed by atoms with Crippen LogP contribution in [0.15, 0.2) is 0 Å². The van der Waals surface area contributed by atoms with Crippen LogP contribution in [-0.4, -0.2) is 14.9 Å². The van der Waals surface area contributed by atoms with Gasteiger partial charge in [0.1, 0.15) is 0 Å². The minimum absolute atomic E-state index is 0.121. The largest absolute Gasteiger partial charge is 0.331 e. The van der Waals surface area contributed by atoms with Crippen molar-refractivity contribution >= 4 is 7.60 Å². The van der Waals surface area contributed by atoms with E-state index in [1.807, 2.05) is 6.92 Å². The van der Waals surface area contributed by atoms with Crippen LogP contribution in [0.3, 0.4) is 0 Å². The summed E-state index contributed by atoms with van der Waals surface area (Å²) < 4.78 is 12.3. The predicted octanol–water partition coefficient (Wildman–Crippen LogP) is 5.21. The van der Waals surface area contributed by atoms with Gasteiger partial charge in [0.2, 0.25) is 0 Å². The Labute approximate surface area is 125 Å². The van der Waals surface area contributed by atoms with Crippen molar-refractivity contribution in [2.24, 2.45) is 17.8 Å². The quantitative estimate of drug-likeness (QED) is 0.545. The number of unbranched alkanes of at least 4 members (excludes halogenated alkanes) is 1. The Hall–Kier alpha value is 0.150. The molecule has 3 nitrogen and oxygen atoms in total. The van der Waals surface area contributed by atoms with Crippen LogP contribution in [0.4, 0.5) is 0 Å². The summed E-state index contributed by atoms with van der Waals surface area (Å²) in [5, 5.41) is -0.833. The zero-order valence-corrected chi connectivity index (χ0v) is 15.1. The molecular weight excluding hydrogens is 271 g/mol. The van der Waals surface area contributed by atoms with Gasteiger partial charge >= 0.3 is 7.60 Å². The van der Waals surface area contributed by atoms with E-state index in [0.29, 0.717) is 24.7 Å². The lowest BCUT2D eigenvalue weighted by Gasteiger charge is -2.42. The Morgan fingerprint density at radius 1 is 1.05 bits per heavy atom. The van der Waals surface area contributed by atoms with Crippen molar-refractivity contribution in [2.75, 3.05) is 0 Å². The van der Waals surface area contributed by atoms with Crippen molar-refractivity contribution in [3.05, 3.63) is 0 Å². The minimum Gasteiger partial charge on any atom is -0.324 e. The summed E-state index contributed by atoms with van der Waals surface area (Å²) in [4.78, 5) is 20.1. The van der Waals surface area contributed by atoms with Crippen molar-refractivity contribution in [3.63, 3.8) is 0 Å². The second-order valence-corrected chi connectivity index (χ2v) is 9.05. The highest BCUT2D eigenvalue weighted by Crippen LogP contribution is 2.61. The second kappa shape index (κ2) is 8.56. The first kappa shape index (κ1) is 20.1. The van der Waals surface area contributed by atoms with Crippen molar-refractivity contribution in [1.82, 2.24) is 0 Å². The van der Waals surface area contributed by atoms with Crippen molar-refractivity contribution in [2.45, 2.75) is 85.2 Å². The number of hydrogen-bond acceptors (Lipinski definition) is 1. The van der Waals surface area contributed by atoms with Crippen molar-refractivity contribution in [1.29, 1.82) is 0 Å². The lowest BCUT2D eigenvalue weighted by molar-refractivity contribution is 0.197. The van der Waals surface area contributed by atoms with E-state index in [2.05, 4.69) is 34.6 Å². The Kier molecular flexibility index (Phi) is 8.62. The fraction of sp³-hybridized carbons (Fsp3) is 1.00. The molecule has 0 amide bonds. The summed E-state index contributed by atoms with van der Waals surface area (Å²) in [5.74, 6) is 0.899. The molecule has 0 aliphatic heterocycles. The highest BCUT2D eigenvalue weighted by molar-refractivity contribution is 7.53. The Bertz CT molecular complexity index is 309. The Morgan fingerprint density at radius 2 is 1.60 bits per heavy atom. The maximum atomic E-state index is 12.3. The van der Waals surface area contributed by atoms with Crippen molar-refractivity contribution < 1.29 is 14.4 Å². The molecule has 0 aromatic carbocycles. The van der Waals surface area contributed by atoms with Gasteiger partial charge in [-0.1, -0.05) is 54.4 Å². The molecule has 2 atom stereocenters. The number of rotatable bonds is 10. The highest BCUT2D eigenvalue weighted by Gasteiger charge is 2.50. The molecular formula is C16H35O3P. The average molecular weight is 306 g/mol. The average Bonchev–Trinajstić information content (AvgIpc) is 2.29. The van der Waals surface area contributed by atoms with E-state index in [4.69, 9.17) is 0 Å². The molecule has 0 fully saturated rings. The summed E-state index contributed by atoms with van der Waals surface area (Å²) >= 11 is 0. The fourth-order valence-corrected chi connectivity index (χ4v) is 5.22. The fourth-order valence-electron chi connectivity index (χ4n) is 3.49.